The third-order valence-corrected chi connectivity index (χ3v) is 4.56. The molecule has 0 radical (unpaired) electrons. The van der Waals surface area contributed by atoms with Gasteiger partial charge in [0.1, 0.15) is 0 Å². The van der Waals surface area contributed by atoms with Gasteiger partial charge in [0.25, 0.3) is 0 Å². The maximum Gasteiger partial charge on any atom is 0.244 e. The van der Waals surface area contributed by atoms with Gasteiger partial charge >= 0.3 is 0 Å². The molecule has 0 bridgehead atoms. The van der Waals surface area contributed by atoms with Crippen molar-refractivity contribution < 1.29 is 0 Å². The molecule has 1 N–H and O–H groups in total. The first-order chi connectivity index (χ1) is 13.2. The standard InChI is InChI=1S/C20H29N7/c1-25(2)12-10-21-20-23-19(17-22-24-20)27-15-13-26(14-16-27)11-6-9-18-7-4-3-5-8-18/h3-9,17H,10-16H2,1-2H3,(H,21,23,24)/b9-6+. The molecule has 27 heavy (non-hydrogen) atoms. The first-order valence-electron chi connectivity index (χ1n) is 9.48. The van der Waals surface area contributed by atoms with Crippen LogP contribution in [0.4, 0.5) is 11.8 Å². The van der Waals surface area contributed by atoms with Gasteiger partial charge in [0.15, 0.2) is 5.82 Å². The van der Waals surface area contributed by atoms with E-state index in [-0.39, 0.29) is 0 Å². The lowest BCUT2D eigenvalue weighted by Crippen LogP contribution is -2.46. The van der Waals surface area contributed by atoms with Gasteiger partial charge in [-0.05, 0) is 19.7 Å². The summed E-state index contributed by atoms with van der Waals surface area (Å²) >= 11 is 0. The minimum absolute atomic E-state index is 0.600. The zero-order valence-electron chi connectivity index (χ0n) is 16.3. The summed E-state index contributed by atoms with van der Waals surface area (Å²) in [7, 11) is 4.09. The maximum absolute atomic E-state index is 4.61. The minimum Gasteiger partial charge on any atom is -0.353 e. The van der Waals surface area contributed by atoms with Crippen LogP contribution >= 0.6 is 0 Å². The Morgan fingerprint density at radius 2 is 1.89 bits per heavy atom. The Morgan fingerprint density at radius 3 is 2.63 bits per heavy atom. The van der Waals surface area contributed by atoms with Crippen LogP contribution in [0, 0.1) is 0 Å². The Morgan fingerprint density at radius 1 is 1.11 bits per heavy atom. The van der Waals surface area contributed by atoms with Gasteiger partial charge < -0.3 is 15.1 Å². The Balaban J connectivity index is 1.45. The Hall–Kier alpha value is -2.51. The lowest BCUT2D eigenvalue weighted by atomic mass is 10.2. The van der Waals surface area contributed by atoms with Gasteiger partial charge in [-0.2, -0.15) is 10.1 Å². The van der Waals surface area contributed by atoms with Crippen molar-refractivity contribution in [2.75, 3.05) is 70.1 Å². The summed E-state index contributed by atoms with van der Waals surface area (Å²) in [6.45, 7) is 6.66. The van der Waals surface area contributed by atoms with Crippen molar-refractivity contribution in [2.45, 2.75) is 0 Å². The highest BCUT2D eigenvalue weighted by atomic mass is 15.3. The maximum atomic E-state index is 4.61. The monoisotopic (exact) mass is 367 g/mol. The Labute approximate surface area is 161 Å². The van der Waals surface area contributed by atoms with Crippen LogP contribution in [0.25, 0.3) is 6.08 Å². The highest BCUT2D eigenvalue weighted by Gasteiger charge is 2.18. The first kappa shape index (κ1) is 19.3. The van der Waals surface area contributed by atoms with E-state index in [1.165, 1.54) is 5.56 Å². The van der Waals surface area contributed by atoms with Crippen molar-refractivity contribution in [1.29, 1.82) is 0 Å². The molecule has 1 fully saturated rings. The molecule has 7 heteroatoms. The second-order valence-corrected chi connectivity index (χ2v) is 6.97. The number of hydrogen-bond donors (Lipinski definition) is 1. The van der Waals surface area contributed by atoms with E-state index >= 15 is 0 Å². The average Bonchev–Trinajstić information content (AvgIpc) is 2.69. The molecular formula is C20H29N7. The molecule has 1 aliphatic heterocycles. The third-order valence-electron chi connectivity index (χ3n) is 4.56. The van der Waals surface area contributed by atoms with Crippen LogP contribution in [0.3, 0.4) is 0 Å². The molecule has 1 aromatic carbocycles. The molecule has 0 unspecified atom stereocenters. The zero-order valence-corrected chi connectivity index (χ0v) is 16.3. The molecule has 0 aliphatic carbocycles. The van der Waals surface area contributed by atoms with Gasteiger partial charge in [-0.25, -0.2) is 0 Å². The molecule has 1 saturated heterocycles. The van der Waals surface area contributed by atoms with Crippen LogP contribution in [-0.4, -0.2) is 84.9 Å². The quantitative estimate of drug-likeness (QED) is 0.762. The normalized spacial score (nSPS) is 15.6. The van der Waals surface area contributed by atoms with Crippen molar-refractivity contribution in [3.05, 3.63) is 48.2 Å². The van der Waals surface area contributed by atoms with E-state index in [0.717, 1.165) is 51.6 Å². The molecule has 2 aromatic rings. The van der Waals surface area contributed by atoms with Crippen LogP contribution < -0.4 is 10.2 Å². The molecule has 0 saturated carbocycles. The van der Waals surface area contributed by atoms with Crippen molar-refractivity contribution in [3.63, 3.8) is 0 Å². The number of piperazine rings is 1. The molecule has 1 aromatic heterocycles. The zero-order chi connectivity index (χ0) is 18.9. The summed E-state index contributed by atoms with van der Waals surface area (Å²) < 4.78 is 0. The first-order valence-corrected chi connectivity index (χ1v) is 9.48. The molecule has 144 valence electrons. The molecule has 0 atom stereocenters. The van der Waals surface area contributed by atoms with Gasteiger partial charge in [0.2, 0.25) is 5.95 Å². The van der Waals surface area contributed by atoms with Crippen LogP contribution in [0.2, 0.25) is 0 Å². The number of anilines is 2. The minimum atomic E-state index is 0.600. The highest BCUT2D eigenvalue weighted by Crippen LogP contribution is 2.13. The van der Waals surface area contributed by atoms with Crippen LogP contribution in [-0.2, 0) is 0 Å². The molecule has 7 nitrogen and oxygen atoms in total. The van der Waals surface area contributed by atoms with Gasteiger partial charge in [0.05, 0.1) is 6.20 Å². The molecule has 1 aliphatic rings. The second kappa shape index (κ2) is 9.99. The summed E-state index contributed by atoms with van der Waals surface area (Å²) in [6, 6.07) is 10.4. The predicted octanol–water partition coefficient (Wildman–Crippen LogP) is 1.68. The van der Waals surface area contributed by atoms with E-state index in [4.69, 9.17) is 0 Å². The Kier molecular flexibility index (Phi) is 7.12. The van der Waals surface area contributed by atoms with E-state index in [9.17, 15) is 0 Å². The smallest absolute Gasteiger partial charge is 0.244 e. The number of benzene rings is 1. The summed E-state index contributed by atoms with van der Waals surface area (Å²) in [5.74, 6) is 1.50. The van der Waals surface area contributed by atoms with Crippen molar-refractivity contribution in [3.8, 4) is 0 Å². The van der Waals surface area contributed by atoms with Crippen molar-refractivity contribution in [1.82, 2.24) is 25.0 Å². The van der Waals surface area contributed by atoms with E-state index in [1.807, 2.05) is 20.2 Å². The van der Waals surface area contributed by atoms with Crippen LogP contribution in [0.5, 0.6) is 0 Å². The van der Waals surface area contributed by atoms with E-state index in [0.29, 0.717) is 5.95 Å². The van der Waals surface area contributed by atoms with E-state index in [1.54, 1.807) is 6.20 Å². The molecule has 0 amide bonds. The lowest BCUT2D eigenvalue weighted by Gasteiger charge is -2.34. The third kappa shape index (κ3) is 6.30. The molecular weight excluding hydrogens is 338 g/mol. The molecule has 3 rings (SSSR count). The van der Waals surface area contributed by atoms with Crippen molar-refractivity contribution in [2.24, 2.45) is 0 Å². The van der Waals surface area contributed by atoms with E-state index in [2.05, 4.69) is 71.6 Å². The summed E-state index contributed by atoms with van der Waals surface area (Å²) in [5.41, 5.74) is 1.25. The van der Waals surface area contributed by atoms with Gasteiger partial charge in [-0.3, -0.25) is 4.90 Å². The molecule has 0 spiro atoms. The fourth-order valence-electron chi connectivity index (χ4n) is 2.98. The van der Waals surface area contributed by atoms with Gasteiger partial charge in [-0.15, -0.1) is 5.10 Å². The van der Waals surface area contributed by atoms with Crippen molar-refractivity contribution >= 4 is 17.8 Å². The van der Waals surface area contributed by atoms with Gasteiger partial charge in [-0.1, -0.05) is 42.5 Å². The lowest BCUT2D eigenvalue weighted by molar-refractivity contribution is 0.283. The summed E-state index contributed by atoms with van der Waals surface area (Å²) in [6.07, 6.45) is 6.18. The number of hydrogen-bond acceptors (Lipinski definition) is 7. The fourth-order valence-corrected chi connectivity index (χ4v) is 2.98. The number of rotatable bonds is 8. The summed E-state index contributed by atoms with van der Waals surface area (Å²) in [4.78, 5) is 11.5. The van der Waals surface area contributed by atoms with Gasteiger partial charge in [0, 0.05) is 45.8 Å². The van der Waals surface area contributed by atoms with Crippen LogP contribution in [0.15, 0.2) is 42.6 Å². The summed E-state index contributed by atoms with van der Waals surface area (Å²) in [5, 5.41) is 11.4. The molecule has 2 heterocycles. The number of nitrogens with one attached hydrogen (secondary N) is 1. The number of aromatic nitrogens is 3. The second-order valence-electron chi connectivity index (χ2n) is 6.97. The van der Waals surface area contributed by atoms with E-state index < -0.39 is 0 Å². The highest BCUT2D eigenvalue weighted by molar-refractivity contribution is 5.48. The topological polar surface area (TPSA) is 60.4 Å². The SMILES string of the molecule is CN(C)CCNc1nncc(N2CCN(C/C=C/c3ccccc3)CC2)n1. The Bertz CT molecular complexity index is 709. The number of likely N-dealkylation sites (N-methyl/N-ethyl adjacent to an activating group) is 1. The van der Waals surface area contributed by atoms with Crippen LogP contribution in [0.1, 0.15) is 5.56 Å². The fraction of sp³-hybridized carbons (Fsp3) is 0.450. The largest absolute Gasteiger partial charge is 0.353 e. The predicted molar refractivity (Wildman–Crippen MR) is 111 cm³/mol. The number of nitrogens with zero attached hydrogens (tertiary/aromatic N) is 6. The average molecular weight is 368 g/mol.